The molecule has 2 heteroatoms. The first kappa shape index (κ1) is 9.05. The average Bonchev–Trinajstić information content (AvgIpc) is 1.85. The topological polar surface area (TPSA) is 23.9 Å². The molecule has 0 heterocycles. The SMILES string of the molecule is CC1CCCC(C)C1C(=N)Cl. The van der Waals surface area contributed by atoms with Gasteiger partial charge in [0.1, 0.15) is 5.17 Å². The molecule has 0 aliphatic heterocycles. The summed E-state index contributed by atoms with van der Waals surface area (Å²) in [6, 6.07) is 0. The highest BCUT2D eigenvalue weighted by atomic mass is 35.5. The summed E-state index contributed by atoms with van der Waals surface area (Å²) >= 11 is 5.73. The van der Waals surface area contributed by atoms with E-state index in [-0.39, 0.29) is 0 Å². The van der Waals surface area contributed by atoms with Gasteiger partial charge >= 0.3 is 0 Å². The quantitative estimate of drug-likeness (QED) is 0.589. The van der Waals surface area contributed by atoms with Crippen molar-refractivity contribution < 1.29 is 0 Å². The minimum Gasteiger partial charge on any atom is -0.293 e. The summed E-state index contributed by atoms with van der Waals surface area (Å²) in [5.74, 6) is 1.57. The number of nitrogens with one attached hydrogen (secondary N) is 1. The Morgan fingerprint density at radius 2 is 1.73 bits per heavy atom. The maximum Gasteiger partial charge on any atom is 0.100 e. The number of rotatable bonds is 1. The van der Waals surface area contributed by atoms with Crippen LogP contribution in [0.15, 0.2) is 0 Å². The monoisotopic (exact) mass is 173 g/mol. The summed E-state index contributed by atoms with van der Waals surface area (Å²) in [6.45, 7) is 4.41. The van der Waals surface area contributed by atoms with Crippen LogP contribution in [0.3, 0.4) is 0 Å². The van der Waals surface area contributed by atoms with Gasteiger partial charge in [0.05, 0.1) is 0 Å². The third kappa shape index (κ3) is 1.96. The van der Waals surface area contributed by atoms with Crippen molar-refractivity contribution in [3.05, 3.63) is 0 Å². The van der Waals surface area contributed by atoms with E-state index in [2.05, 4.69) is 13.8 Å². The second-order valence-corrected chi connectivity index (χ2v) is 4.17. The Morgan fingerprint density at radius 1 is 1.27 bits per heavy atom. The second-order valence-electron chi connectivity index (χ2n) is 3.76. The lowest BCUT2D eigenvalue weighted by molar-refractivity contribution is 0.243. The fourth-order valence-electron chi connectivity index (χ4n) is 2.18. The molecule has 0 radical (unpaired) electrons. The van der Waals surface area contributed by atoms with E-state index in [1.54, 1.807) is 0 Å². The summed E-state index contributed by atoms with van der Waals surface area (Å²) in [6.07, 6.45) is 3.79. The van der Waals surface area contributed by atoms with Crippen LogP contribution in [-0.4, -0.2) is 5.17 Å². The zero-order chi connectivity index (χ0) is 8.43. The van der Waals surface area contributed by atoms with Gasteiger partial charge in [-0.15, -0.1) is 0 Å². The van der Waals surface area contributed by atoms with Crippen molar-refractivity contribution >= 4 is 16.8 Å². The van der Waals surface area contributed by atoms with Crippen LogP contribution in [0.4, 0.5) is 0 Å². The lowest BCUT2D eigenvalue weighted by Gasteiger charge is -2.32. The van der Waals surface area contributed by atoms with E-state index < -0.39 is 0 Å². The van der Waals surface area contributed by atoms with E-state index in [0.29, 0.717) is 22.9 Å². The van der Waals surface area contributed by atoms with E-state index in [0.717, 1.165) is 0 Å². The summed E-state index contributed by atoms with van der Waals surface area (Å²) < 4.78 is 0. The zero-order valence-electron chi connectivity index (χ0n) is 7.23. The Hall–Kier alpha value is -0.0400. The van der Waals surface area contributed by atoms with Gasteiger partial charge in [-0.3, -0.25) is 5.41 Å². The van der Waals surface area contributed by atoms with Crippen LogP contribution in [0, 0.1) is 23.2 Å². The highest BCUT2D eigenvalue weighted by Gasteiger charge is 2.29. The molecule has 0 spiro atoms. The fraction of sp³-hybridized carbons (Fsp3) is 0.889. The molecule has 0 aromatic carbocycles. The summed E-state index contributed by atoms with van der Waals surface area (Å²) in [7, 11) is 0. The third-order valence-electron chi connectivity index (χ3n) is 2.84. The van der Waals surface area contributed by atoms with Crippen LogP contribution in [0.25, 0.3) is 0 Å². The van der Waals surface area contributed by atoms with Gasteiger partial charge in [-0.05, 0) is 11.8 Å². The van der Waals surface area contributed by atoms with Gasteiger partial charge in [-0.2, -0.15) is 0 Å². The molecule has 2 unspecified atom stereocenters. The van der Waals surface area contributed by atoms with Crippen LogP contribution in [0.5, 0.6) is 0 Å². The molecule has 1 nitrogen and oxygen atoms in total. The molecule has 1 fully saturated rings. The molecule has 0 aromatic heterocycles. The van der Waals surface area contributed by atoms with Crippen molar-refractivity contribution in [2.75, 3.05) is 0 Å². The minimum atomic E-state index is 0.338. The molecule has 1 aliphatic rings. The molecule has 0 saturated heterocycles. The normalized spacial score (nSPS) is 38.6. The van der Waals surface area contributed by atoms with E-state index in [1.807, 2.05) is 0 Å². The van der Waals surface area contributed by atoms with Gasteiger partial charge in [0.25, 0.3) is 0 Å². The van der Waals surface area contributed by atoms with Crippen LogP contribution >= 0.6 is 11.6 Å². The van der Waals surface area contributed by atoms with E-state index >= 15 is 0 Å². The Labute approximate surface area is 73.6 Å². The van der Waals surface area contributed by atoms with Gasteiger partial charge in [0.2, 0.25) is 0 Å². The molecule has 0 amide bonds. The van der Waals surface area contributed by atoms with Crippen molar-refractivity contribution in [2.24, 2.45) is 17.8 Å². The van der Waals surface area contributed by atoms with Crippen LogP contribution in [-0.2, 0) is 0 Å². The molecule has 0 aromatic rings. The standard InChI is InChI=1S/C9H16ClN/c1-6-4-3-5-7(2)8(6)9(10)11/h6-8,11H,3-5H2,1-2H3. The van der Waals surface area contributed by atoms with Crippen molar-refractivity contribution in [1.29, 1.82) is 5.41 Å². The van der Waals surface area contributed by atoms with Crippen molar-refractivity contribution in [2.45, 2.75) is 33.1 Å². The third-order valence-corrected chi connectivity index (χ3v) is 3.09. The van der Waals surface area contributed by atoms with Crippen LogP contribution < -0.4 is 0 Å². The number of hydrogen-bond donors (Lipinski definition) is 1. The van der Waals surface area contributed by atoms with Crippen molar-refractivity contribution in [3.63, 3.8) is 0 Å². The summed E-state index contributed by atoms with van der Waals surface area (Å²) in [5.41, 5.74) is 0. The van der Waals surface area contributed by atoms with Gasteiger partial charge < -0.3 is 0 Å². The van der Waals surface area contributed by atoms with Gasteiger partial charge in [-0.1, -0.05) is 44.7 Å². The van der Waals surface area contributed by atoms with Gasteiger partial charge in [0.15, 0.2) is 0 Å². The molecule has 1 rings (SSSR count). The molecule has 64 valence electrons. The van der Waals surface area contributed by atoms with Crippen LogP contribution in [0.1, 0.15) is 33.1 Å². The smallest absolute Gasteiger partial charge is 0.100 e. The molecule has 11 heavy (non-hydrogen) atoms. The van der Waals surface area contributed by atoms with Gasteiger partial charge in [0, 0.05) is 5.92 Å². The van der Waals surface area contributed by atoms with Crippen molar-refractivity contribution in [1.82, 2.24) is 0 Å². The molecule has 1 aliphatic carbocycles. The van der Waals surface area contributed by atoms with Gasteiger partial charge in [-0.25, -0.2) is 0 Å². The maximum absolute atomic E-state index is 7.42. The molecule has 1 saturated carbocycles. The Morgan fingerprint density at radius 3 is 2.00 bits per heavy atom. The van der Waals surface area contributed by atoms with E-state index in [1.165, 1.54) is 19.3 Å². The predicted molar refractivity (Wildman–Crippen MR) is 49.2 cm³/mol. The molecule has 2 atom stereocenters. The fourth-order valence-corrected chi connectivity index (χ4v) is 2.61. The lowest BCUT2D eigenvalue weighted by Crippen LogP contribution is -2.28. The van der Waals surface area contributed by atoms with Crippen LogP contribution in [0.2, 0.25) is 0 Å². The Kier molecular flexibility index (Phi) is 2.94. The van der Waals surface area contributed by atoms with E-state index in [4.69, 9.17) is 17.0 Å². The predicted octanol–water partition coefficient (Wildman–Crippen LogP) is 3.27. The highest BCUT2D eigenvalue weighted by Crippen LogP contribution is 2.35. The zero-order valence-corrected chi connectivity index (χ0v) is 7.99. The maximum atomic E-state index is 7.42. The molecule has 1 N–H and O–H groups in total. The molecule has 0 bridgehead atoms. The minimum absolute atomic E-state index is 0.338. The average molecular weight is 174 g/mol. The van der Waals surface area contributed by atoms with Crippen molar-refractivity contribution in [3.8, 4) is 0 Å². The largest absolute Gasteiger partial charge is 0.293 e. The summed E-state index contributed by atoms with van der Waals surface area (Å²) in [4.78, 5) is 0. The molecular weight excluding hydrogens is 158 g/mol. The first-order valence-electron chi connectivity index (χ1n) is 4.37. The Balaban J connectivity index is 2.62. The first-order chi connectivity index (χ1) is 5.13. The second kappa shape index (κ2) is 3.57. The highest BCUT2D eigenvalue weighted by molar-refractivity contribution is 6.65. The molecular formula is C9H16ClN. The first-order valence-corrected chi connectivity index (χ1v) is 4.74. The number of halogens is 1. The van der Waals surface area contributed by atoms with E-state index in [9.17, 15) is 0 Å². The Bertz CT molecular complexity index is 146. The lowest BCUT2D eigenvalue weighted by atomic mass is 9.74. The summed E-state index contributed by atoms with van der Waals surface area (Å²) in [5, 5.41) is 7.78. The number of hydrogen-bond acceptors (Lipinski definition) is 1.